The molecule has 3 rings (SSSR count). The minimum atomic E-state index is -0.457. The number of anilines is 3. The largest absolute Gasteiger partial charge is 0.465 e. The number of nitrogens with zero attached hydrogens (tertiary/aromatic N) is 2. The molecule has 0 atom stereocenters. The smallest absolute Gasteiger partial charge is 0.339 e. The number of benzene rings is 2. The van der Waals surface area contributed by atoms with Crippen LogP contribution in [0, 0.1) is 0 Å². The molecule has 2 N–H and O–H groups in total. The molecule has 7 nitrogen and oxygen atoms in total. The van der Waals surface area contributed by atoms with Gasteiger partial charge in [-0.25, -0.2) is 14.8 Å². The standard InChI is InChI=1S/C21H20N4O3/c1-3-14-8-10-15(11-9-14)24-20(26)18-12-23-19(13-22-18)25-17-7-5-4-6-16(17)21(27)28-2/h4-13H,3H2,1-2H3,(H,23,25)(H,24,26). The topological polar surface area (TPSA) is 93.2 Å². The number of aromatic nitrogens is 2. The van der Waals surface area contributed by atoms with Crippen molar-refractivity contribution in [2.45, 2.75) is 13.3 Å². The number of aryl methyl sites for hydroxylation is 1. The molecule has 0 spiro atoms. The number of ether oxygens (including phenoxy) is 1. The Labute approximate surface area is 162 Å². The number of carbonyl (C=O) groups excluding carboxylic acids is 2. The van der Waals surface area contributed by atoms with Crippen molar-refractivity contribution in [3.05, 3.63) is 77.7 Å². The van der Waals surface area contributed by atoms with Crippen molar-refractivity contribution in [1.29, 1.82) is 0 Å². The van der Waals surface area contributed by atoms with Gasteiger partial charge in [0, 0.05) is 5.69 Å². The molecule has 0 aliphatic rings. The SMILES string of the molecule is CCc1ccc(NC(=O)c2cnc(Nc3ccccc3C(=O)OC)cn2)cc1. The molecule has 0 aliphatic heterocycles. The van der Waals surface area contributed by atoms with E-state index in [4.69, 9.17) is 4.74 Å². The highest BCUT2D eigenvalue weighted by molar-refractivity contribution is 6.02. The summed E-state index contributed by atoms with van der Waals surface area (Å²) in [5.74, 6) is -0.403. The van der Waals surface area contributed by atoms with Crippen LogP contribution in [0.5, 0.6) is 0 Å². The number of methoxy groups -OCH3 is 1. The highest BCUT2D eigenvalue weighted by Gasteiger charge is 2.13. The Morgan fingerprint density at radius 1 is 1.00 bits per heavy atom. The minimum Gasteiger partial charge on any atom is -0.465 e. The average molecular weight is 376 g/mol. The molecule has 28 heavy (non-hydrogen) atoms. The van der Waals surface area contributed by atoms with Gasteiger partial charge in [0.25, 0.3) is 5.91 Å². The molecule has 1 heterocycles. The maximum Gasteiger partial charge on any atom is 0.339 e. The number of esters is 1. The third-order valence-electron chi connectivity index (χ3n) is 4.10. The van der Waals surface area contributed by atoms with E-state index >= 15 is 0 Å². The van der Waals surface area contributed by atoms with Crippen LogP contribution in [0.3, 0.4) is 0 Å². The van der Waals surface area contributed by atoms with E-state index in [9.17, 15) is 9.59 Å². The zero-order valence-corrected chi connectivity index (χ0v) is 15.6. The molecule has 1 aromatic heterocycles. The zero-order chi connectivity index (χ0) is 19.9. The molecule has 0 saturated carbocycles. The fourth-order valence-corrected chi connectivity index (χ4v) is 2.55. The van der Waals surface area contributed by atoms with E-state index < -0.39 is 5.97 Å². The second-order valence-electron chi connectivity index (χ2n) is 5.95. The van der Waals surface area contributed by atoms with E-state index in [1.54, 1.807) is 24.3 Å². The van der Waals surface area contributed by atoms with E-state index in [-0.39, 0.29) is 11.6 Å². The molecule has 0 aliphatic carbocycles. The molecular weight excluding hydrogens is 356 g/mol. The average Bonchev–Trinajstić information content (AvgIpc) is 2.74. The zero-order valence-electron chi connectivity index (χ0n) is 15.6. The number of rotatable bonds is 6. The minimum absolute atomic E-state index is 0.186. The molecule has 142 valence electrons. The van der Waals surface area contributed by atoms with Gasteiger partial charge in [0.15, 0.2) is 0 Å². The van der Waals surface area contributed by atoms with Crippen molar-refractivity contribution in [2.75, 3.05) is 17.7 Å². The summed E-state index contributed by atoms with van der Waals surface area (Å²) >= 11 is 0. The van der Waals surface area contributed by atoms with Crippen LogP contribution >= 0.6 is 0 Å². The molecule has 1 amide bonds. The van der Waals surface area contributed by atoms with Crippen LogP contribution in [0.15, 0.2) is 60.9 Å². The number of hydrogen-bond donors (Lipinski definition) is 2. The highest BCUT2D eigenvalue weighted by atomic mass is 16.5. The third kappa shape index (κ3) is 4.50. The normalized spacial score (nSPS) is 10.2. The Morgan fingerprint density at radius 2 is 1.75 bits per heavy atom. The lowest BCUT2D eigenvalue weighted by atomic mass is 10.1. The number of hydrogen-bond acceptors (Lipinski definition) is 6. The summed E-state index contributed by atoms with van der Waals surface area (Å²) < 4.78 is 4.77. The summed E-state index contributed by atoms with van der Waals surface area (Å²) in [4.78, 5) is 32.5. The predicted octanol–water partition coefficient (Wildman–Crippen LogP) is 3.82. The number of nitrogens with one attached hydrogen (secondary N) is 2. The summed E-state index contributed by atoms with van der Waals surface area (Å²) in [6.45, 7) is 2.07. The first-order valence-corrected chi connectivity index (χ1v) is 8.77. The molecule has 0 unspecified atom stereocenters. The number of amides is 1. The van der Waals surface area contributed by atoms with E-state index in [2.05, 4.69) is 27.5 Å². The van der Waals surface area contributed by atoms with Gasteiger partial charge in [-0.1, -0.05) is 31.2 Å². The fourth-order valence-electron chi connectivity index (χ4n) is 2.55. The number of carbonyl (C=O) groups is 2. The number of para-hydroxylation sites is 1. The van der Waals surface area contributed by atoms with Crippen molar-refractivity contribution in [1.82, 2.24) is 9.97 Å². The van der Waals surface area contributed by atoms with E-state index in [0.717, 1.165) is 6.42 Å². The summed E-state index contributed by atoms with van der Waals surface area (Å²) in [6.07, 6.45) is 3.75. The Bertz CT molecular complexity index is 970. The molecule has 2 aromatic carbocycles. The van der Waals surface area contributed by atoms with Gasteiger partial charge in [0.1, 0.15) is 11.5 Å². The lowest BCUT2D eigenvalue weighted by Crippen LogP contribution is -2.14. The van der Waals surface area contributed by atoms with Gasteiger partial charge in [-0.3, -0.25) is 4.79 Å². The monoisotopic (exact) mass is 376 g/mol. The van der Waals surface area contributed by atoms with Gasteiger partial charge in [-0.15, -0.1) is 0 Å². The molecule has 0 fully saturated rings. The van der Waals surface area contributed by atoms with Crippen LogP contribution in [0.25, 0.3) is 0 Å². The van der Waals surface area contributed by atoms with Gasteiger partial charge >= 0.3 is 5.97 Å². The lowest BCUT2D eigenvalue weighted by molar-refractivity contribution is 0.0601. The van der Waals surface area contributed by atoms with Crippen LogP contribution < -0.4 is 10.6 Å². The molecule has 0 saturated heterocycles. The van der Waals surface area contributed by atoms with Crippen molar-refractivity contribution in [3.8, 4) is 0 Å². The first kappa shape index (κ1) is 19.0. The van der Waals surface area contributed by atoms with Crippen LogP contribution in [0.1, 0.15) is 33.3 Å². The van der Waals surface area contributed by atoms with Gasteiger partial charge in [0.2, 0.25) is 0 Å². The molecule has 7 heteroatoms. The first-order chi connectivity index (χ1) is 13.6. The van der Waals surface area contributed by atoms with Gasteiger partial charge in [-0.05, 0) is 36.2 Å². The Balaban J connectivity index is 1.69. The predicted molar refractivity (Wildman–Crippen MR) is 107 cm³/mol. The first-order valence-electron chi connectivity index (χ1n) is 8.77. The molecular formula is C21H20N4O3. The Morgan fingerprint density at radius 3 is 2.39 bits per heavy atom. The van der Waals surface area contributed by atoms with E-state index in [0.29, 0.717) is 22.8 Å². The third-order valence-corrected chi connectivity index (χ3v) is 4.10. The van der Waals surface area contributed by atoms with Crippen LogP contribution in [-0.4, -0.2) is 29.0 Å². The fraction of sp³-hybridized carbons (Fsp3) is 0.143. The van der Waals surface area contributed by atoms with Crippen LogP contribution in [0.2, 0.25) is 0 Å². The van der Waals surface area contributed by atoms with E-state index in [1.807, 2.05) is 24.3 Å². The lowest BCUT2D eigenvalue weighted by Gasteiger charge is -2.10. The quantitative estimate of drug-likeness (QED) is 0.635. The van der Waals surface area contributed by atoms with Crippen LogP contribution in [0.4, 0.5) is 17.2 Å². The van der Waals surface area contributed by atoms with Gasteiger partial charge in [-0.2, -0.15) is 0 Å². The van der Waals surface area contributed by atoms with Gasteiger partial charge < -0.3 is 15.4 Å². The maximum atomic E-state index is 12.3. The molecule has 3 aromatic rings. The second kappa shape index (κ2) is 8.77. The van der Waals surface area contributed by atoms with Crippen molar-refractivity contribution in [3.63, 3.8) is 0 Å². The van der Waals surface area contributed by atoms with Crippen molar-refractivity contribution in [2.24, 2.45) is 0 Å². The Kier molecular flexibility index (Phi) is 5.96. The Hall–Kier alpha value is -3.74. The highest BCUT2D eigenvalue weighted by Crippen LogP contribution is 2.20. The van der Waals surface area contributed by atoms with Crippen LogP contribution in [-0.2, 0) is 11.2 Å². The molecule has 0 radical (unpaired) electrons. The maximum absolute atomic E-state index is 12.3. The summed E-state index contributed by atoms with van der Waals surface area (Å²) in [7, 11) is 1.32. The summed E-state index contributed by atoms with van der Waals surface area (Å²) in [5, 5.41) is 5.80. The molecule has 0 bridgehead atoms. The van der Waals surface area contributed by atoms with E-state index in [1.165, 1.54) is 25.1 Å². The van der Waals surface area contributed by atoms with Crippen molar-refractivity contribution < 1.29 is 14.3 Å². The summed E-state index contributed by atoms with van der Waals surface area (Å²) in [6, 6.07) is 14.5. The second-order valence-corrected chi connectivity index (χ2v) is 5.95. The summed E-state index contributed by atoms with van der Waals surface area (Å²) in [5.41, 5.74) is 2.99. The van der Waals surface area contributed by atoms with Gasteiger partial charge in [0.05, 0.1) is 30.8 Å². The van der Waals surface area contributed by atoms with Crippen molar-refractivity contribution >= 4 is 29.1 Å².